The largest absolute Gasteiger partial charge is 0.289 e. The summed E-state index contributed by atoms with van der Waals surface area (Å²) < 4.78 is 149. The van der Waals surface area contributed by atoms with E-state index < -0.39 is 99.2 Å². The molecule has 0 aromatic heterocycles. The van der Waals surface area contributed by atoms with Crippen LogP contribution in [-0.4, -0.2) is 20.0 Å². The van der Waals surface area contributed by atoms with Crippen molar-refractivity contribution >= 4 is 32.8 Å². The third-order valence-corrected chi connectivity index (χ3v) is 10.9. The lowest BCUT2D eigenvalue weighted by Crippen LogP contribution is -2.27. The van der Waals surface area contributed by atoms with E-state index in [4.69, 9.17) is 0 Å². The Morgan fingerprint density at radius 3 is 0.847 bits per heavy atom. The topological polar surface area (TPSA) is 118 Å². The van der Waals surface area contributed by atoms with E-state index in [0.717, 1.165) is 12.4 Å². The van der Waals surface area contributed by atoms with Crippen molar-refractivity contribution in [1.29, 1.82) is 0 Å². The summed E-state index contributed by atoms with van der Waals surface area (Å²) in [6, 6.07) is 0. The Morgan fingerprint density at radius 1 is 0.424 bits per heavy atom. The van der Waals surface area contributed by atoms with Gasteiger partial charge in [0.25, 0.3) is 0 Å². The normalized spacial score (nSPS) is 16.2. The molecule has 0 aliphatic heterocycles. The van der Waals surface area contributed by atoms with Crippen molar-refractivity contribution in [1.82, 2.24) is 0 Å². The van der Waals surface area contributed by atoms with Crippen molar-refractivity contribution < 1.29 is 53.1 Å². The number of allylic oxidation sites excluding steroid dienone is 10. The zero-order valence-corrected chi connectivity index (χ0v) is 35.1. The van der Waals surface area contributed by atoms with Crippen molar-refractivity contribution in [2.75, 3.05) is 0 Å². The van der Waals surface area contributed by atoms with Crippen LogP contribution in [0.3, 0.4) is 0 Å². The number of benzene rings is 2. The summed E-state index contributed by atoms with van der Waals surface area (Å²) in [5, 5.41) is 13.2. The lowest BCUT2D eigenvalue weighted by atomic mass is 9.72. The molecular formula is C42H42F8N4O4S. The van der Waals surface area contributed by atoms with E-state index in [1.807, 2.05) is 0 Å². The Hall–Kier alpha value is -5.19. The monoisotopic (exact) mass is 850 g/mol. The first-order valence-electron chi connectivity index (χ1n) is 17.9. The minimum Gasteiger partial charge on any atom is -0.289 e. The van der Waals surface area contributed by atoms with Gasteiger partial charge in [-0.3, -0.25) is 9.59 Å². The quantitative estimate of drug-likeness (QED) is 0.163. The average Bonchev–Trinajstić information content (AvgIpc) is 3.08. The number of rotatable bonds is 6. The summed E-state index contributed by atoms with van der Waals surface area (Å²) in [5.74, 6) is -21.5. The lowest BCUT2D eigenvalue weighted by molar-refractivity contribution is -0.114. The molecule has 0 spiro atoms. The second kappa shape index (κ2) is 15.8. The van der Waals surface area contributed by atoms with Crippen LogP contribution in [0.1, 0.15) is 83.1 Å². The number of halogens is 8. The van der Waals surface area contributed by atoms with Gasteiger partial charge in [-0.2, -0.15) is 10.2 Å². The summed E-state index contributed by atoms with van der Waals surface area (Å²) in [6.45, 7) is 21.1. The Balaban J connectivity index is 1.80. The molecule has 2 aliphatic carbocycles. The van der Waals surface area contributed by atoms with Gasteiger partial charge >= 0.3 is 0 Å². The van der Waals surface area contributed by atoms with E-state index in [1.54, 1.807) is 83.1 Å². The van der Waals surface area contributed by atoms with Crippen LogP contribution in [0.15, 0.2) is 100 Å². The second-order valence-corrected chi connectivity index (χ2v) is 19.8. The number of Topliss-reactive ketones (excluding diaryl/α,β-unsaturated/α-hetero) is 2. The molecule has 8 nitrogen and oxygen atoms in total. The fourth-order valence-corrected chi connectivity index (χ4v) is 7.44. The molecule has 2 aliphatic rings. The Labute approximate surface area is 336 Å². The predicted octanol–water partition coefficient (Wildman–Crippen LogP) is 12.6. The molecule has 4 rings (SSSR count). The number of carbonyl (C=O) groups excluding carboxylic acids is 2. The molecular weight excluding hydrogens is 809 g/mol. The van der Waals surface area contributed by atoms with Crippen LogP contribution in [0.2, 0.25) is 0 Å². The minimum absolute atomic E-state index is 0.197. The maximum Gasteiger partial charge on any atom is 0.218 e. The maximum absolute atomic E-state index is 15.4. The van der Waals surface area contributed by atoms with E-state index in [9.17, 15) is 18.0 Å². The zero-order valence-electron chi connectivity index (χ0n) is 34.3. The molecule has 59 heavy (non-hydrogen) atoms. The first-order chi connectivity index (χ1) is 26.7. The molecule has 0 unspecified atom stereocenters. The molecule has 0 bridgehead atoms. The fraction of sp³-hybridized carbons (Fsp3) is 0.381. The van der Waals surface area contributed by atoms with Gasteiger partial charge < -0.3 is 0 Å². The van der Waals surface area contributed by atoms with Gasteiger partial charge in [0.15, 0.2) is 69.5 Å². The third-order valence-electron chi connectivity index (χ3n) is 9.12. The highest BCUT2D eigenvalue weighted by molar-refractivity contribution is 7.91. The SMILES string of the molecule is CC(C)(C)C1=CC(=CN=Nc2c(F)c(F)c(S(=O)(=O)c3c(F)c(F)c(N=NC=C4C=C(C(C)(C)C)C(=O)C(C(C)(C)C)=C4)c(F)c3F)c(F)c2F)C=C(C(C)(C)C)C1=O. The first kappa shape index (κ1) is 46.5. The highest BCUT2D eigenvalue weighted by atomic mass is 32.2. The van der Waals surface area contributed by atoms with Gasteiger partial charge in [-0.05, 0) is 57.1 Å². The van der Waals surface area contributed by atoms with Gasteiger partial charge in [0, 0.05) is 22.3 Å². The molecule has 0 N–H and O–H groups in total. The first-order valence-corrected chi connectivity index (χ1v) is 19.4. The highest BCUT2D eigenvalue weighted by Gasteiger charge is 2.41. The number of nitrogens with zero attached hydrogens (tertiary/aromatic N) is 4. The predicted molar refractivity (Wildman–Crippen MR) is 203 cm³/mol. The lowest BCUT2D eigenvalue weighted by Gasteiger charge is -2.31. The van der Waals surface area contributed by atoms with Crippen LogP contribution in [0, 0.1) is 68.2 Å². The van der Waals surface area contributed by atoms with E-state index in [2.05, 4.69) is 20.5 Å². The maximum atomic E-state index is 15.4. The minimum atomic E-state index is -6.47. The fourth-order valence-electron chi connectivity index (χ4n) is 5.94. The average molecular weight is 851 g/mol. The summed E-state index contributed by atoms with van der Waals surface area (Å²) >= 11 is 0. The number of sulfone groups is 1. The molecule has 0 radical (unpaired) electrons. The number of hydrogen-bond acceptors (Lipinski definition) is 8. The van der Waals surface area contributed by atoms with Crippen LogP contribution in [0.5, 0.6) is 0 Å². The van der Waals surface area contributed by atoms with Gasteiger partial charge in [0.1, 0.15) is 9.79 Å². The summed E-state index contributed by atoms with van der Waals surface area (Å²) in [5.41, 5.74) is -4.52. The van der Waals surface area contributed by atoms with Crippen molar-refractivity contribution in [2.24, 2.45) is 42.1 Å². The molecule has 2 aromatic carbocycles. The smallest absolute Gasteiger partial charge is 0.218 e. The Bertz CT molecular complexity index is 2250. The van der Waals surface area contributed by atoms with Crippen molar-refractivity contribution in [3.63, 3.8) is 0 Å². The van der Waals surface area contributed by atoms with Crippen LogP contribution < -0.4 is 0 Å². The summed E-state index contributed by atoms with van der Waals surface area (Å²) in [6.07, 6.45) is 7.50. The molecule has 0 fully saturated rings. The number of ketones is 2. The zero-order chi connectivity index (χ0) is 45.1. The van der Waals surface area contributed by atoms with E-state index in [0.29, 0.717) is 22.3 Å². The molecule has 0 heterocycles. The molecule has 0 amide bonds. The third kappa shape index (κ3) is 9.04. The number of hydrogen-bond donors (Lipinski definition) is 0. The van der Waals surface area contributed by atoms with Crippen LogP contribution in [0.25, 0.3) is 0 Å². The molecule has 0 saturated carbocycles. The van der Waals surface area contributed by atoms with Crippen LogP contribution >= 0.6 is 0 Å². The summed E-state index contributed by atoms with van der Waals surface area (Å²) in [7, 11) is -6.47. The Kier molecular flexibility index (Phi) is 12.4. The highest BCUT2D eigenvalue weighted by Crippen LogP contribution is 2.43. The summed E-state index contributed by atoms with van der Waals surface area (Å²) in [4.78, 5) is 21.0. The number of carbonyl (C=O) groups is 2. The number of azo groups is 2. The van der Waals surface area contributed by atoms with Gasteiger partial charge in [-0.25, -0.2) is 43.5 Å². The molecule has 316 valence electrons. The molecule has 2 aromatic rings. The van der Waals surface area contributed by atoms with Gasteiger partial charge in [0.2, 0.25) is 9.84 Å². The Morgan fingerprint density at radius 2 is 0.644 bits per heavy atom. The van der Waals surface area contributed by atoms with Gasteiger partial charge in [0.05, 0.1) is 12.4 Å². The van der Waals surface area contributed by atoms with Gasteiger partial charge in [-0.1, -0.05) is 83.1 Å². The molecule has 0 saturated heterocycles. The van der Waals surface area contributed by atoms with Crippen LogP contribution in [-0.2, 0) is 19.4 Å². The van der Waals surface area contributed by atoms with Crippen molar-refractivity contribution in [3.8, 4) is 0 Å². The standard InChI is InChI=1S/C42H42F8N4O4S/c1-39(2,3)21-13-19(14-22(35(21)55)40(4,5)6)17-51-53-33-25(43)29(47)37(30(48)26(33)44)59(57,58)38-31(49)27(45)34(28(46)32(38)50)54-52-18-20-15-23(41(7,8)9)36(56)24(16-20)42(10,11)12/h13-18H,1-12H3. The van der Waals surface area contributed by atoms with E-state index >= 15 is 35.1 Å². The van der Waals surface area contributed by atoms with Crippen molar-refractivity contribution in [2.45, 2.75) is 92.9 Å². The van der Waals surface area contributed by atoms with Crippen LogP contribution in [0.4, 0.5) is 46.5 Å². The van der Waals surface area contributed by atoms with Crippen molar-refractivity contribution in [3.05, 3.63) is 117 Å². The molecule has 0 atom stereocenters. The van der Waals surface area contributed by atoms with E-state index in [1.165, 1.54) is 24.3 Å². The second-order valence-electron chi connectivity index (χ2n) is 18.0. The van der Waals surface area contributed by atoms with E-state index in [-0.39, 0.29) is 22.7 Å². The van der Waals surface area contributed by atoms with Gasteiger partial charge in [-0.15, -0.1) is 10.2 Å². The molecule has 17 heteroatoms.